The summed E-state index contributed by atoms with van der Waals surface area (Å²) >= 11 is 0. The smallest absolute Gasteiger partial charge is 0.121 e. The van der Waals surface area contributed by atoms with Crippen molar-refractivity contribution < 1.29 is 5.11 Å². The number of hydrogen-bond donors (Lipinski definition) is 2. The number of rotatable bonds is 2. The van der Waals surface area contributed by atoms with Crippen LogP contribution >= 0.6 is 0 Å². The number of aromatic nitrogens is 2. The minimum atomic E-state index is 0.121. The van der Waals surface area contributed by atoms with E-state index in [2.05, 4.69) is 29.1 Å². The Balaban J connectivity index is 1.98. The van der Waals surface area contributed by atoms with Gasteiger partial charge in [-0.25, -0.2) is 9.97 Å². The van der Waals surface area contributed by atoms with Crippen molar-refractivity contribution in [3.05, 3.63) is 47.5 Å². The van der Waals surface area contributed by atoms with E-state index in [0.29, 0.717) is 11.7 Å². The molecule has 2 N–H and O–H groups in total. The normalized spacial score (nSPS) is 21.2. The molecule has 0 aliphatic heterocycles. The quantitative estimate of drug-likeness (QED) is 0.865. The third-order valence-electron chi connectivity index (χ3n) is 3.81. The highest BCUT2D eigenvalue weighted by molar-refractivity contribution is 5.54. The summed E-state index contributed by atoms with van der Waals surface area (Å²) in [5, 5.41) is 13.6. The van der Waals surface area contributed by atoms with Gasteiger partial charge in [-0.3, -0.25) is 0 Å². The van der Waals surface area contributed by atoms with E-state index in [9.17, 15) is 5.11 Å². The summed E-state index contributed by atoms with van der Waals surface area (Å²) in [4.78, 5) is 8.01. The predicted molar refractivity (Wildman–Crippen MR) is 74.3 cm³/mol. The Morgan fingerprint density at radius 3 is 2.68 bits per heavy atom. The van der Waals surface area contributed by atoms with Crippen LogP contribution in [0, 0.1) is 6.92 Å². The second-order valence-corrected chi connectivity index (χ2v) is 5.19. The minimum Gasteiger partial charge on any atom is -0.508 e. The summed E-state index contributed by atoms with van der Waals surface area (Å²) in [5.74, 6) is 0.823. The Labute approximate surface area is 112 Å². The molecule has 0 saturated heterocycles. The summed E-state index contributed by atoms with van der Waals surface area (Å²) < 4.78 is 0. The third-order valence-corrected chi connectivity index (χ3v) is 3.81. The number of phenolic OH excluding ortho intramolecular Hbond substituents is 1. The highest BCUT2D eigenvalue weighted by atomic mass is 16.3. The van der Waals surface area contributed by atoms with Crippen LogP contribution in [0.2, 0.25) is 0 Å². The van der Waals surface area contributed by atoms with E-state index >= 15 is 0 Å². The van der Waals surface area contributed by atoms with Crippen molar-refractivity contribution in [3.63, 3.8) is 0 Å². The lowest BCUT2D eigenvalue weighted by Crippen LogP contribution is -2.08. The SMILES string of the molecule is Cc1ccc(O)c2c1C(C)CC2Nc1cncnc1. The fourth-order valence-corrected chi connectivity index (χ4v) is 3.05. The van der Waals surface area contributed by atoms with Gasteiger partial charge >= 0.3 is 0 Å². The molecule has 0 spiro atoms. The number of nitrogens with zero attached hydrogens (tertiary/aromatic N) is 2. The molecule has 2 aromatic rings. The zero-order chi connectivity index (χ0) is 13.4. The van der Waals surface area contributed by atoms with Gasteiger partial charge in [0.1, 0.15) is 12.1 Å². The first-order chi connectivity index (χ1) is 9.16. The molecule has 1 heterocycles. The second-order valence-electron chi connectivity index (χ2n) is 5.19. The molecule has 2 unspecified atom stereocenters. The number of aryl methyl sites for hydroxylation is 1. The summed E-state index contributed by atoms with van der Waals surface area (Å²) in [6.07, 6.45) is 5.99. The maximum Gasteiger partial charge on any atom is 0.121 e. The Hall–Kier alpha value is -2.10. The van der Waals surface area contributed by atoms with Crippen molar-refractivity contribution in [2.45, 2.75) is 32.2 Å². The molecule has 19 heavy (non-hydrogen) atoms. The largest absolute Gasteiger partial charge is 0.508 e. The van der Waals surface area contributed by atoms with Crippen molar-refractivity contribution in [2.24, 2.45) is 0 Å². The van der Waals surface area contributed by atoms with Gasteiger partial charge < -0.3 is 10.4 Å². The van der Waals surface area contributed by atoms with Crippen LogP contribution in [-0.2, 0) is 0 Å². The highest BCUT2D eigenvalue weighted by Crippen LogP contribution is 2.47. The zero-order valence-corrected chi connectivity index (χ0v) is 11.1. The van der Waals surface area contributed by atoms with Crippen molar-refractivity contribution in [2.75, 3.05) is 5.32 Å². The average Bonchev–Trinajstić information content (AvgIpc) is 2.73. The molecular formula is C15H17N3O. The molecule has 1 aliphatic rings. The van der Waals surface area contributed by atoms with Gasteiger partial charge in [0.2, 0.25) is 0 Å². The minimum absolute atomic E-state index is 0.121. The lowest BCUT2D eigenvalue weighted by atomic mass is 9.97. The zero-order valence-electron chi connectivity index (χ0n) is 11.1. The monoisotopic (exact) mass is 255 g/mol. The van der Waals surface area contributed by atoms with E-state index in [1.165, 1.54) is 17.5 Å². The fourth-order valence-electron chi connectivity index (χ4n) is 3.05. The van der Waals surface area contributed by atoms with Crippen molar-refractivity contribution in [3.8, 4) is 5.75 Å². The van der Waals surface area contributed by atoms with Gasteiger partial charge in [0.05, 0.1) is 24.1 Å². The predicted octanol–water partition coefficient (Wildman–Crippen LogP) is 3.15. The molecule has 0 bridgehead atoms. The molecule has 1 aliphatic carbocycles. The number of anilines is 1. The molecule has 0 saturated carbocycles. The molecule has 3 rings (SSSR count). The van der Waals surface area contributed by atoms with Crippen LogP contribution in [0.4, 0.5) is 5.69 Å². The van der Waals surface area contributed by atoms with Crippen molar-refractivity contribution >= 4 is 5.69 Å². The molecule has 0 radical (unpaired) electrons. The molecule has 1 aromatic heterocycles. The Morgan fingerprint density at radius 2 is 1.95 bits per heavy atom. The van der Waals surface area contributed by atoms with Gasteiger partial charge in [0.15, 0.2) is 0 Å². The van der Waals surface area contributed by atoms with Gasteiger partial charge in [-0.15, -0.1) is 0 Å². The van der Waals surface area contributed by atoms with Crippen LogP contribution < -0.4 is 5.32 Å². The molecule has 4 heteroatoms. The van der Waals surface area contributed by atoms with E-state index in [1.54, 1.807) is 18.5 Å². The van der Waals surface area contributed by atoms with Gasteiger partial charge in [0, 0.05) is 5.56 Å². The summed E-state index contributed by atoms with van der Waals surface area (Å²) in [5.41, 5.74) is 4.42. The van der Waals surface area contributed by atoms with Crippen LogP contribution in [0.15, 0.2) is 30.9 Å². The second kappa shape index (κ2) is 4.53. The molecule has 98 valence electrons. The van der Waals surface area contributed by atoms with Gasteiger partial charge in [0.25, 0.3) is 0 Å². The average molecular weight is 255 g/mol. The highest BCUT2D eigenvalue weighted by Gasteiger charge is 2.32. The van der Waals surface area contributed by atoms with Gasteiger partial charge in [-0.05, 0) is 36.5 Å². The Kier molecular flexibility index (Phi) is 2.85. The number of phenols is 1. The van der Waals surface area contributed by atoms with Gasteiger partial charge in [-0.2, -0.15) is 0 Å². The van der Waals surface area contributed by atoms with Gasteiger partial charge in [-0.1, -0.05) is 13.0 Å². The van der Waals surface area contributed by atoms with E-state index in [1.807, 2.05) is 6.07 Å². The maximum atomic E-state index is 10.2. The van der Waals surface area contributed by atoms with Crippen LogP contribution in [0.5, 0.6) is 5.75 Å². The summed E-state index contributed by atoms with van der Waals surface area (Å²) in [6, 6.07) is 3.89. The topological polar surface area (TPSA) is 58.0 Å². The number of fused-ring (bicyclic) bond motifs is 1. The van der Waals surface area contributed by atoms with E-state index in [0.717, 1.165) is 17.7 Å². The molecule has 0 amide bonds. The van der Waals surface area contributed by atoms with Crippen molar-refractivity contribution in [1.82, 2.24) is 9.97 Å². The molecule has 1 aromatic carbocycles. The fraction of sp³-hybridized carbons (Fsp3) is 0.333. The molecule has 4 nitrogen and oxygen atoms in total. The van der Waals surface area contributed by atoms with E-state index in [4.69, 9.17) is 0 Å². The molecular weight excluding hydrogens is 238 g/mol. The summed E-state index contributed by atoms with van der Waals surface area (Å²) in [7, 11) is 0. The van der Waals surface area contributed by atoms with Crippen LogP contribution in [0.1, 0.15) is 42.0 Å². The first-order valence-electron chi connectivity index (χ1n) is 6.50. The number of benzene rings is 1. The summed E-state index contributed by atoms with van der Waals surface area (Å²) in [6.45, 7) is 4.30. The van der Waals surface area contributed by atoms with Crippen LogP contribution in [-0.4, -0.2) is 15.1 Å². The van der Waals surface area contributed by atoms with Crippen molar-refractivity contribution in [1.29, 1.82) is 0 Å². The Morgan fingerprint density at radius 1 is 1.21 bits per heavy atom. The molecule has 0 fully saturated rings. The maximum absolute atomic E-state index is 10.2. The Bertz CT molecular complexity index is 598. The lowest BCUT2D eigenvalue weighted by Gasteiger charge is -2.16. The van der Waals surface area contributed by atoms with E-state index < -0.39 is 0 Å². The molecule has 2 atom stereocenters. The number of hydrogen-bond acceptors (Lipinski definition) is 4. The first kappa shape index (κ1) is 12.0. The number of aromatic hydroxyl groups is 1. The number of nitrogens with one attached hydrogen (secondary N) is 1. The third kappa shape index (κ3) is 2.03. The van der Waals surface area contributed by atoms with Crippen LogP contribution in [0.25, 0.3) is 0 Å². The van der Waals surface area contributed by atoms with E-state index in [-0.39, 0.29) is 6.04 Å². The van der Waals surface area contributed by atoms with Crippen LogP contribution in [0.3, 0.4) is 0 Å². The standard InChI is InChI=1S/C15H17N3O/c1-9-3-4-13(19)15-12(5-10(2)14(9)15)18-11-6-16-8-17-7-11/h3-4,6-8,10,12,18-19H,5H2,1-2H3. The first-order valence-corrected chi connectivity index (χ1v) is 6.50. The lowest BCUT2D eigenvalue weighted by molar-refractivity contribution is 0.465.